The number of hydrogen-bond acceptors (Lipinski definition) is 4. The standard InChI is InChI=1S/C31H40ClN5O2/c1-31(15-7-4-8-16-31)29(39)34-20-22-11-13-24(32)25(17-22)35-30-36-26-18-23(12-14-27(26)37(30)2)28(38)33-19-21-9-5-3-6-10-21/h11-14,17-18,21H,3-10,15-16,19-20H2,1-2H3,(H,33,38)(H,34,39)(H,35,36). The van der Waals surface area contributed by atoms with Gasteiger partial charge in [-0.15, -0.1) is 0 Å². The summed E-state index contributed by atoms with van der Waals surface area (Å²) in [5, 5.41) is 10.2. The third-order valence-corrected chi connectivity index (χ3v) is 8.98. The molecule has 208 valence electrons. The predicted molar refractivity (Wildman–Crippen MR) is 157 cm³/mol. The predicted octanol–water partition coefficient (Wildman–Crippen LogP) is 6.87. The van der Waals surface area contributed by atoms with E-state index in [2.05, 4.69) is 22.9 Å². The summed E-state index contributed by atoms with van der Waals surface area (Å²) in [6.07, 6.45) is 11.6. The topological polar surface area (TPSA) is 88.1 Å². The SMILES string of the molecule is Cn1c(Nc2cc(CNC(=O)C3(C)CCCCC3)ccc2Cl)nc2cc(C(=O)NCC3CCCCC3)ccc21. The molecule has 0 aliphatic heterocycles. The summed E-state index contributed by atoms with van der Waals surface area (Å²) in [5.74, 6) is 1.28. The molecule has 0 radical (unpaired) electrons. The number of benzene rings is 2. The quantitative estimate of drug-likeness (QED) is 0.286. The van der Waals surface area contributed by atoms with E-state index in [-0.39, 0.29) is 17.2 Å². The van der Waals surface area contributed by atoms with Crippen LogP contribution in [0.4, 0.5) is 11.6 Å². The van der Waals surface area contributed by atoms with Gasteiger partial charge in [-0.05, 0) is 67.5 Å². The van der Waals surface area contributed by atoms with Gasteiger partial charge >= 0.3 is 0 Å². The molecule has 0 unspecified atom stereocenters. The van der Waals surface area contributed by atoms with Crippen LogP contribution in [0.1, 0.15) is 87.1 Å². The van der Waals surface area contributed by atoms with Crippen LogP contribution in [0.2, 0.25) is 5.02 Å². The molecule has 0 bridgehead atoms. The lowest BCUT2D eigenvalue weighted by Gasteiger charge is -2.32. The molecule has 2 aromatic carbocycles. The van der Waals surface area contributed by atoms with Crippen LogP contribution in [-0.4, -0.2) is 27.9 Å². The highest BCUT2D eigenvalue weighted by atomic mass is 35.5. The maximum absolute atomic E-state index is 12.9. The highest BCUT2D eigenvalue weighted by molar-refractivity contribution is 6.33. The van der Waals surface area contributed by atoms with Gasteiger partial charge < -0.3 is 20.5 Å². The van der Waals surface area contributed by atoms with E-state index >= 15 is 0 Å². The Bertz CT molecular complexity index is 1340. The molecule has 2 amide bonds. The maximum atomic E-state index is 12.9. The fourth-order valence-electron chi connectivity index (χ4n) is 6.04. The Hall–Kier alpha value is -3.06. The van der Waals surface area contributed by atoms with Crippen LogP contribution in [0.5, 0.6) is 0 Å². The van der Waals surface area contributed by atoms with Gasteiger partial charge in [0.25, 0.3) is 5.91 Å². The Morgan fingerprint density at radius 1 is 1.00 bits per heavy atom. The third-order valence-electron chi connectivity index (χ3n) is 8.65. The molecule has 5 rings (SSSR count). The average Bonchev–Trinajstić information content (AvgIpc) is 3.26. The van der Waals surface area contributed by atoms with Crippen molar-refractivity contribution in [2.75, 3.05) is 11.9 Å². The fraction of sp³-hybridized carbons (Fsp3) is 0.516. The van der Waals surface area contributed by atoms with Crippen molar-refractivity contribution in [1.82, 2.24) is 20.2 Å². The highest BCUT2D eigenvalue weighted by Crippen LogP contribution is 2.36. The van der Waals surface area contributed by atoms with E-state index < -0.39 is 0 Å². The van der Waals surface area contributed by atoms with E-state index in [1.54, 1.807) is 0 Å². The molecule has 3 aromatic rings. The summed E-state index contributed by atoms with van der Waals surface area (Å²) in [6, 6.07) is 11.4. The molecule has 7 nitrogen and oxygen atoms in total. The third kappa shape index (κ3) is 6.40. The van der Waals surface area contributed by atoms with Crippen molar-refractivity contribution in [3.05, 3.63) is 52.5 Å². The first-order valence-corrected chi connectivity index (χ1v) is 14.8. The Kier molecular flexibility index (Phi) is 8.46. The minimum absolute atomic E-state index is 0.0532. The first-order chi connectivity index (χ1) is 18.8. The molecule has 3 N–H and O–H groups in total. The number of nitrogens with zero attached hydrogens (tertiary/aromatic N) is 2. The number of hydrogen-bond donors (Lipinski definition) is 3. The highest BCUT2D eigenvalue weighted by Gasteiger charge is 2.34. The summed E-state index contributed by atoms with van der Waals surface area (Å²) < 4.78 is 1.95. The van der Waals surface area contributed by atoms with Crippen molar-refractivity contribution < 1.29 is 9.59 Å². The number of carbonyl (C=O) groups excluding carboxylic acids is 2. The Morgan fingerprint density at radius 2 is 1.74 bits per heavy atom. The van der Waals surface area contributed by atoms with Gasteiger partial charge in [-0.3, -0.25) is 9.59 Å². The van der Waals surface area contributed by atoms with Gasteiger partial charge in [-0.1, -0.05) is 63.1 Å². The molecule has 39 heavy (non-hydrogen) atoms. The Balaban J connectivity index is 1.25. The summed E-state index contributed by atoms with van der Waals surface area (Å²) >= 11 is 6.53. The molecular weight excluding hydrogens is 510 g/mol. The lowest BCUT2D eigenvalue weighted by Crippen LogP contribution is -2.39. The number of halogens is 1. The molecule has 2 fully saturated rings. The fourth-order valence-corrected chi connectivity index (χ4v) is 6.20. The van der Waals surface area contributed by atoms with Gasteiger partial charge in [-0.2, -0.15) is 0 Å². The van der Waals surface area contributed by atoms with Gasteiger partial charge in [0, 0.05) is 31.1 Å². The first kappa shape index (κ1) is 27.5. The molecule has 0 atom stereocenters. The normalized spacial score (nSPS) is 17.6. The van der Waals surface area contributed by atoms with Crippen molar-refractivity contribution in [3.8, 4) is 0 Å². The van der Waals surface area contributed by atoms with E-state index in [0.29, 0.717) is 29.0 Å². The van der Waals surface area contributed by atoms with Gasteiger partial charge in [0.15, 0.2) is 0 Å². The summed E-state index contributed by atoms with van der Waals surface area (Å²) in [4.78, 5) is 30.5. The number of rotatable bonds is 8. The number of anilines is 2. The molecule has 1 heterocycles. The lowest BCUT2D eigenvalue weighted by molar-refractivity contribution is -0.132. The van der Waals surface area contributed by atoms with Gasteiger partial charge in [0.2, 0.25) is 11.9 Å². The summed E-state index contributed by atoms with van der Waals surface area (Å²) in [5.41, 5.74) is 3.68. The van der Waals surface area contributed by atoms with Crippen LogP contribution >= 0.6 is 11.6 Å². The first-order valence-electron chi connectivity index (χ1n) is 14.4. The number of amides is 2. The molecule has 8 heteroatoms. The zero-order chi connectivity index (χ0) is 27.4. The van der Waals surface area contributed by atoms with Crippen molar-refractivity contribution in [2.45, 2.75) is 77.7 Å². The van der Waals surface area contributed by atoms with E-state index in [4.69, 9.17) is 16.6 Å². The number of aryl methyl sites for hydroxylation is 1. The van der Waals surface area contributed by atoms with E-state index in [1.807, 2.05) is 48.0 Å². The lowest BCUT2D eigenvalue weighted by atomic mass is 9.75. The minimum Gasteiger partial charge on any atom is -0.352 e. The largest absolute Gasteiger partial charge is 0.352 e. The molecular formula is C31H40ClN5O2. The summed E-state index contributed by atoms with van der Waals surface area (Å²) in [7, 11) is 1.93. The molecule has 0 spiro atoms. The minimum atomic E-state index is -0.273. The van der Waals surface area contributed by atoms with Crippen molar-refractivity contribution in [1.29, 1.82) is 0 Å². The van der Waals surface area contributed by atoms with Crippen LogP contribution in [0.25, 0.3) is 11.0 Å². The van der Waals surface area contributed by atoms with E-state index in [9.17, 15) is 9.59 Å². The Labute approximate surface area is 236 Å². The molecule has 2 saturated carbocycles. The second-order valence-corrected chi connectivity index (χ2v) is 12.1. The van der Waals surface area contributed by atoms with Crippen LogP contribution < -0.4 is 16.0 Å². The zero-order valence-electron chi connectivity index (χ0n) is 23.1. The van der Waals surface area contributed by atoms with Gasteiger partial charge in [0.05, 0.1) is 21.7 Å². The number of fused-ring (bicyclic) bond motifs is 1. The van der Waals surface area contributed by atoms with Crippen molar-refractivity contribution >= 4 is 46.1 Å². The average molecular weight is 550 g/mol. The van der Waals surface area contributed by atoms with Crippen LogP contribution in [0.3, 0.4) is 0 Å². The molecule has 1 aromatic heterocycles. The van der Waals surface area contributed by atoms with E-state index in [0.717, 1.165) is 54.5 Å². The zero-order valence-corrected chi connectivity index (χ0v) is 23.9. The number of nitrogens with one attached hydrogen (secondary N) is 3. The monoisotopic (exact) mass is 549 g/mol. The molecule has 2 aliphatic carbocycles. The molecule has 0 saturated heterocycles. The van der Waals surface area contributed by atoms with Crippen LogP contribution in [0, 0.1) is 11.3 Å². The van der Waals surface area contributed by atoms with Crippen LogP contribution in [0.15, 0.2) is 36.4 Å². The van der Waals surface area contributed by atoms with Crippen molar-refractivity contribution in [3.63, 3.8) is 0 Å². The van der Waals surface area contributed by atoms with Crippen molar-refractivity contribution in [2.24, 2.45) is 18.4 Å². The smallest absolute Gasteiger partial charge is 0.251 e. The van der Waals surface area contributed by atoms with E-state index in [1.165, 1.54) is 38.5 Å². The van der Waals surface area contributed by atoms with Crippen LogP contribution in [-0.2, 0) is 18.4 Å². The summed E-state index contributed by atoms with van der Waals surface area (Å²) in [6.45, 7) is 3.26. The number of aromatic nitrogens is 2. The number of carbonyl (C=O) groups is 2. The van der Waals surface area contributed by atoms with Gasteiger partial charge in [-0.25, -0.2) is 4.98 Å². The van der Waals surface area contributed by atoms with Gasteiger partial charge in [0.1, 0.15) is 0 Å². The Morgan fingerprint density at radius 3 is 2.51 bits per heavy atom. The number of imidazole rings is 1. The molecule has 2 aliphatic rings. The second-order valence-electron chi connectivity index (χ2n) is 11.7. The second kappa shape index (κ2) is 12.0. The maximum Gasteiger partial charge on any atom is 0.251 e.